The zero-order valence-corrected chi connectivity index (χ0v) is 23.6. The van der Waals surface area contributed by atoms with Crippen LogP contribution in [-0.2, 0) is 19.1 Å². The molecule has 0 radical (unpaired) electrons. The minimum atomic E-state index is -2.01. The van der Waals surface area contributed by atoms with Crippen molar-refractivity contribution in [2.24, 2.45) is 22.7 Å². The molecule has 208 valence electrons. The van der Waals surface area contributed by atoms with E-state index in [4.69, 9.17) is 9.47 Å². The standard InChI is InChI=1S/C31H35FO6S/c1-27(2)37-25-15-22-21-11-10-19-14-20(33)12-13-28(19,3)30(21,32)23(34)16-29(22,4)31(25,38-27)24(35)17-39-26(36)18-8-6-5-7-9-18/h5-9,12-14,21-23,25,34H,10-11,15-17H2,1-4H3/t21-,22-,23-,25+,28-,29-,30-,31+/m0/s1. The first-order valence-corrected chi connectivity index (χ1v) is 14.7. The molecule has 1 N–H and O–H groups in total. The molecular formula is C31H35FO6S. The fourth-order valence-corrected chi connectivity index (χ4v) is 9.48. The van der Waals surface area contributed by atoms with Gasteiger partial charge in [0.25, 0.3) is 0 Å². The molecule has 3 saturated carbocycles. The quantitative estimate of drug-likeness (QED) is 0.560. The van der Waals surface area contributed by atoms with E-state index >= 15 is 4.39 Å². The molecule has 6 rings (SSSR count). The van der Waals surface area contributed by atoms with E-state index in [2.05, 4.69) is 0 Å². The maximum absolute atomic E-state index is 17.5. The lowest BCUT2D eigenvalue weighted by atomic mass is 9.44. The SMILES string of the molecule is CC1(C)O[C@@H]2C[C@H]3[C@@H]4CCC5=CC(=O)C=C[C@]5(C)[C@@]4(F)[C@@H](O)C[C@]3(C)[C@]2(C(=O)CSC(=O)c2ccccc2)O1. The molecule has 6 nitrogen and oxygen atoms in total. The summed E-state index contributed by atoms with van der Waals surface area (Å²) in [6, 6.07) is 8.80. The Balaban J connectivity index is 1.36. The average Bonchev–Trinajstić information content (AvgIpc) is 3.30. The third-order valence-electron chi connectivity index (χ3n) is 10.4. The van der Waals surface area contributed by atoms with E-state index in [0.29, 0.717) is 30.4 Å². The Labute approximate surface area is 232 Å². The van der Waals surface area contributed by atoms with Crippen LogP contribution in [0.15, 0.2) is 54.1 Å². The van der Waals surface area contributed by atoms with E-state index < -0.39 is 46.0 Å². The van der Waals surface area contributed by atoms with E-state index in [1.807, 2.05) is 13.0 Å². The van der Waals surface area contributed by atoms with Crippen molar-refractivity contribution in [2.45, 2.75) is 82.6 Å². The molecule has 1 aliphatic heterocycles. The number of hydrogen-bond donors (Lipinski definition) is 1. The summed E-state index contributed by atoms with van der Waals surface area (Å²) >= 11 is 0.935. The molecule has 1 aromatic rings. The van der Waals surface area contributed by atoms with Gasteiger partial charge in [0.2, 0.25) is 5.12 Å². The molecule has 0 aromatic heterocycles. The van der Waals surface area contributed by atoms with Crippen molar-refractivity contribution in [1.82, 2.24) is 0 Å². The van der Waals surface area contributed by atoms with Crippen molar-refractivity contribution in [3.05, 3.63) is 59.7 Å². The molecule has 5 aliphatic rings. The van der Waals surface area contributed by atoms with Gasteiger partial charge in [0.1, 0.15) is 0 Å². The summed E-state index contributed by atoms with van der Waals surface area (Å²) in [5.41, 5.74) is -4.22. The fraction of sp³-hybridized carbons (Fsp3) is 0.581. The van der Waals surface area contributed by atoms with Gasteiger partial charge in [0.05, 0.1) is 18.0 Å². The maximum Gasteiger partial charge on any atom is 0.219 e. The number of aliphatic hydroxyl groups excluding tert-OH is 1. The summed E-state index contributed by atoms with van der Waals surface area (Å²) in [6.45, 7) is 7.24. The van der Waals surface area contributed by atoms with Gasteiger partial charge in [-0.15, -0.1) is 0 Å². The number of ketones is 2. The highest BCUT2D eigenvalue weighted by Gasteiger charge is 2.79. The van der Waals surface area contributed by atoms with Crippen LogP contribution in [0.5, 0.6) is 0 Å². The van der Waals surface area contributed by atoms with E-state index in [1.165, 1.54) is 12.2 Å². The number of Topliss-reactive ketones (excluding diaryl/α,β-unsaturated/α-hetero) is 1. The summed E-state index contributed by atoms with van der Waals surface area (Å²) in [5.74, 6) is -2.43. The second kappa shape index (κ2) is 8.68. The number of fused-ring (bicyclic) bond motifs is 7. The molecule has 4 fully saturated rings. The molecule has 8 atom stereocenters. The van der Waals surface area contributed by atoms with Crippen LogP contribution in [0, 0.1) is 22.7 Å². The van der Waals surface area contributed by atoms with Crippen molar-refractivity contribution in [3.8, 4) is 0 Å². The highest BCUT2D eigenvalue weighted by molar-refractivity contribution is 8.14. The van der Waals surface area contributed by atoms with Crippen LogP contribution in [-0.4, -0.2) is 56.8 Å². The fourth-order valence-electron chi connectivity index (χ4n) is 8.70. The minimum Gasteiger partial charge on any atom is -0.390 e. The van der Waals surface area contributed by atoms with Gasteiger partial charge >= 0.3 is 0 Å². The van der Waals surface area contributed by atoms with Gasteiger partial charge in [-0.05, 0) is 64.5 Å². The van der Waals surface area contributed by atoms with Crippen LogP contribution in [0.3, 0.4) is 0 Å². The first-order chi connectivity index (χ1) is 18.3. The maximum atomic E-state index is 17.5. The van der Waals surface area contributed by atoms with Crippen LogP contribution in [0.25, 0.3) is 0 Å². The number of rotatable bonds is 4. The van der Waals surface area contributed by atoms with Crippen molar-refractivity contribution < 1.29 is 33.4 Å². The summed E-state index contributed by atoms with van der Waals surface area (Å²) in [6.07, 6.45) is 3.97. The van der Waals surface area contributed by atoms with Gasteiger partial charge < -0.3 is 14.6 Å². The molecule has 4 aliphatic carbocycles. The lowest BCUT2D eigenvalue weighted by Crippen LogP contribution is -2.69. The molecule has 0 unspecified atom stereocenters. The van der Waals surface area contributed by atoms with Gasteiger partial charge in [-0.25, -0.2) is 4.39 Å². The third kappa shape index (κ3) is 3.54. The second-order valence-corrected chi connectivity index (χ2v) is 13.7. The van der Waals surface area contributed by atoms with Crippen LogP contribution >= 0.6 is 11.8 Å². The first kappa shape index (κ1) is 27.1. The Morgan fingerprint density at radius 3 is 2.56 bits per heavy atom. The summed E-state index contributed by atoms with van der Waals surface area (Å²) in [5, 5.41) is 11.5. The smallest absolute Gasteiger partial charge is 0.219 e. The van der Waals surface area contributed by atoms with Crippen LogP contribution in [0.1, 0.15) is 63.7 Å². The molecule has 0 spiro atoms. The molecule has 0 bridgehead atoms. The van der Waals surface area contributed by atoms with E-state index in [0.717, 1.165) is 11.8 Å². The number of hydrogen-bond acceptors (Lipinski definition) is 7. The molecular weight excluding hydrogens is 519 g/mol. The summed E-state index contributed by atoms with van der Waals surface area (Å²) in [4.78, 5) is 39.1. The van der Waals surface area contributed by atoms with Crippen molar-refractivity contribution in [2.75, 3.05) is 5.75 Å². The minimum absolute atomic E-state index is 0.00824. The molecule has 1 aromatic carbocycles. The topological polar surface area (TPSA) is 89.9 Å². The molecule has 0 amide bonds. The first-order valence-electron chi connectivity index (χ1n) is 13.7. The number of halogens is 1. The van der Waals surface area contributed by atoms with Crippen LogP contribution < -0.4 is 0 Å². The highest BCUT2D eigenvalue weighted by atomic mass is 32.2. The Kier molecular flexibility index (Phi) is 6.03. The van der Waals surface area contributed by atoms with E-state index in [1.54, 1.807) is 51.1 Å². The van der Waals surface area contributed by atoms with Crippen LogP contribution in [0.2, 0.25) is 0 Å². The number of carbonyl (C=O) groups excluding carboxylic acids is 3. The number of carbonyl (C=O) groups is 3. The molecule has 39 heavy (non-hydrogen) atoms. The normalized spacial score (nSPS) is 43.6. The zero-order valence-electron chi connectivity index (χ0n) is 22.7. The Morgan fingerprint density at radius 1 is 1.13 bits per heavy atom. The molecule has 1 heterocycles. The lowest BCUT2D eigenvalue weighted by molar-refractivity contribution is -0.245. The summed E-state index contributed by atoms with van der Waals surface area (Å²) < 4.78 is 30.4. The van der Waals surface area contributed by atoms with Crippen molar-refractivity contribution in [1.29, 1.82) is 0 Å². The van der Waals surface area contributed by atoms with Gasteiger partial charge in [0, 0.05) is 22.3 Å². The Morgan fingerprint density at radius 2 is 1.85 bits per heavy atom. The van der Waals surface area contributed by atoms with Gasteiger partial charge in [-0.1, -0.05) is 60.7 Å². The molecule has 1 saturated heterocycles. The number of thioether (sulfide) groups is 1. The second-order valence-electron chi connectivity index (χ2n) is 12.7. The van der Waals surface area contributed by atoms with Crippen molar-refractivity contribution in [3.63, 3.8) is 0 Å². The Hall–Kier alpha value is -2.13. The van der Waals surface area contributed by atoms with Crippen LogP contribution in [0.4, 0.5) is 4.39 Å². The lowest BCUT2D eigenvalue weighted by Gasteiger charge is -2.62. The average molecular weight is 555 g/mol. The largest absolute Gasteiger partial charge is 0.390 e. The number of allylic oxidation sites excluding steroid dienone is 4. The predicted octanol–water partition coefficient (Wildman–Crippen LogP) is 5.00. The predicted molar refractivity (Wildman–Crippen MR) is 145 cm³/mol. The highest BCUT2D eigenvalue weighted by Crippen LogP contribution is 2.72. The number of alkyl halides is 1. The van der Waals surface area contributed by atoms with E-state index in [9.17, 15) is 19.5 Å². The molecule has 8 heteroatoms. The van der Waals surface area contributed by atoms with E-state index in [-0.39, 0.29) is 34.8 Å². The van der Waals surface area contributed by atoms with Crippen molar-refractivity contribution >= 4 is 28.4 Å². The third-order valence-corrected chi connectivity index (χ3v) is 11.3. The van der Waals surface area contributed by atoms with Gasteiger partial charge in [-0.2, -0.15) is 0 Å². The number of aliphatic hydroxyl groups is 1. The monoisotopic (exact) mass is 554 g/mol. The number of benzene rings is 1. The number of ether oxygens (including phenoxy) is 2. The van der Waals surface area contributed by atoms with Gasteiger partial charge in [-0.3, -0.25) is 14.4 Å². The van der Waals surface area contributed by atoms with Gasteiger partial charge in [0.15, 0.2) is 28.6 Å². The Bertz CT molecular complexity index is 1310. The zero-order chi connectivity index (χ0) is 28.0. The summed E-state index contributed by atoms with van der Waals surface area (Å²) in [7, 11) is 0.